The van der Waals surface area contributed by atoms with Crippen molar-refractivity contribution in [3.05, 3.63) is 15.6 Å². The lowest BCUT2D eigenvalue weighted by molar-refractivity contribution is 0.0814. The summed E-state index contributed by atoms with van der Waals surface area (Å²) in [6, 6.07) is 0. The molecule has 0 bridgehead atoms. The Kier molecular flexibility index (Phi) is 3.33. The molecule has 0 amide bonds. The molecule has 1 unspecified atom stereocenters. The van der Waals surface area contributed by atoms with E-state index in [1.807, 2.05) is 13.8 Å². The van der Waals surface area contributed by atoms with Crippen molar-refractivity contribution >= 4 is 11.3 Å². The van der Waals surface area contributed by atoms with E-state index in [1.54, 1.807) is 11.3 Å². The average molecular weight is 241 g/mol. The molecule has 0 spiro atoms. The van der Waals surface area contributed by atoms with Gasteiger partial charge in [-0.05, 0) is 33.1 Å². The number of aliphatic hydroxyl groups is 1. The molecule has 1 aliphatic rings. The van der Waals surface area contributed by atoms with E-state index in [-0.39, 0.29) is 6.10 Å². The van der Waals surface area contributed by atoms with Gasteiger partial charge in [0.25, 0.3) is 0 Å². The number of ether oxygens (including phenoxy) is 1. The first kappa shape index (κ1) is 12.0. The molecule has 1 aromatic heterocycles. The monoisotopic (exact) mass is 241 g/mol. The van der Waals surface area contributed by atoms with Gasteiger partial charge in [0.1, 0.15) is 11.1 Å². The minimum Gasteiger partial charge on any atom is -0.385 e. The van der Waals surface area contributed by atoms with Crippen LogP contribution in [-0.4, -0.2) is 16.7 Å². The van der Waals surface area contributed by atoms with Crippen molar-refractivity contribution in [1.82, 2.24) is 4.98 Å². The largest absolute Gasteiger partial charge is 0.385 e. The van der Waals surface area contributed by atoms with Crippen LogP contribution >= 0.6 is 11.3 Å². The number of thiazole rings is 1. The molecule has 0 radical (unpaired) electrons. The third-order valence-electron chi connectivity index (χ3n) is 2.81. The van der Waals surface area contributed by atoms with Gasteiger partial charge in [0.2, 0.25) is 0 Å². The second kappa shape index (κ2) is 4.43. The summed E-state index contributed by atoms with van der Waals surface area (Å²) >= 11 is 1.60. The summed E-state index contributed by atoms with van der Waals surface area (Å²) in [7, 11) is 0. The lowest BCUT2D eigenvalue weighted by Gasteiger charge is -2.15. The minimum absolute atomic E-state index is 0.159. The Bertz CT molecular complexity index is 362. The highest BCUT2D eigenvalue weighted by Crippen LogP contribution is 2.37. The highest BCUT2D eigenvalue weighted by Gasteiger charge is 2.28. The summed E-state index contributed by atoms with van der Waals surface area (Å²) in [6.45, 7) is 6.55. The zero-order chi connectivity index (χ0) is 11.8. The van der Waals surface area contributed by atoms with Crippen molar-refractivity contribution < 1.29 is 9.84 Å². The Labute approximate surface area is 100 Å². The molecular weight excluding hydrogens is 222 g/mol. The topological polar surface area (TPSA) is 42.4 Å². The predicted molar refractivity (Wildman–Crippen MR) is 64.7 cm³/mol. The molecule has 0 aromatic carbocycles. The molecule has 0 aliphatic carbocycles. The zero-order valence-corrected chi connectivity index (χ0v) is 10.9. The molecule has 1 aliphatic heterocycles. The van der Waals surface area contributed by atoms with Gasteiger partial charge in [0.15, 0.2) is 0 Å². The maximum atomic E-state index is 10.1. The maximum Gasteiger partial charge on any atom is 0.122 e. The molecule has 90 valence electrons. The predicted octanol–water partition coefficient (Wildman–Crippen LogP) is 2.78. The SMILES string of the molecule is CCc1nc(C2CCCO2)sc1C(C)(C)O. The van der Waals surface area contributed by atoms with E-state index in [1.165, 1.54) is 0 Å². The normalized spacial score (nSPS) is 21.6. The van der Waals surface area contributed by atoms with Crippen LogP contribution in [0.1, 0.15) is 55.3 Å². The molecule has 2 heterocycles. The second-order valence-corrected chi connectivity index (χ2v) is 5.77. The van der Waals surface area contributed by atoms with Gasteiger partial charge in [0.05, 0.1) is 16.2 Å². The number of aromatic nitrogens is 1. The van der Waals surface area contributed by atoms with Crippen LogP contribution in [0.5, 0.6) is 0 Å². The van der Waals surface area contributed by atoms with E-state index in [4.69, 9.17) is 4.74 Å². The van der Waals surface area contributed by atoms with Gasteiger partial charge in [-0.15, -0.1) is 11.3 Å². The summed E-state index contributed by atoms with van der Waals surface area (Å²) in [5, 5.41) is 11.1. The van der Waals surface area contributed by atoms with Gasteiger partial charge in [0, 0.05) is 6.61 Å². The van der Waals surface area contributed by atoms with E-state index in [0.29, 0.717) is 0 Å². The first-order chi connectivity index (χ1) is 7.52. The molecule has 3 nitrogen and oxygen atoms in total. The van der Waals surface area contributed by atoms with Crippen LogP contribution in [0.3, 0.4) is 0 Å². The molecule has 1 atom stereocenters. The summed E-state index contributed by atoms with van der Waals surface area (Å²) in [6.07, 6.45) is 3.19. The summed E-state index contributed by atoms with van der Waals surface area (Å²) in [5.74, 6) is 0. The number of hydrogen-bond donors (Lipinski definition) is 1. The summed E-state index contributed by atoms with van der Waals surface area (Å²) < 4.78 is 5.63. The van der Waals surface area contributed by atoms with Gasteiger partial charge in [-0.1, -0.05) is 6.92 Å². The first-order valence-corrected chi connectivity index (χ1v) is 6.68. The Morgan fingerprint density at radius 1 is 1.56 bits per heavy atom. The van der Waals surface area contributed by atoms with Crippen LogP contribution in [0.2, 0.25) is 0 Å². The molecule has 1 saturated heterocycles. The molecule has 16 heavy (non-hydrogen) atoms. The van der Waals surface area contributed by atoms with Crippen LogP contribution in [0.15, 0.2) is 0 Å². The lowest BCUT2D eigenvalue weighted by Crippen LogP contribution is -2.15. The van der Waals surface area contributed by atoms with E-state index in [2.05, 4.69) is 11.9 Å². The van der Waals surface area contributed by atoms with Crippen LogP contribution < -0.4 is 0 Å². The third-order valence-corrected chi connectivity index (χ3v) is 4.31. The molecular formula is C12H19NO2S. The Balaban J connectivity index is 2.31. The number of aryl methyl sites for hydroxylation is 1. The molecule has 0 saturated carbocycles. The van der Waals surface area contributed by atoms with Gasteiger partial charge in [-0.3, -0.25) is 0 Å². The number of nitrogens with zero attached hydrogens (tertiary/aromatic N) is 1. The van der Waals surface area contributed by atoms with Gasteiger partial charge < -0.3 is 9.84 Å². The van der Waals surface area contributed by atoms with Crippen molar-refractivity contribution in [2.24, 2.45) is 0 Å². The summed E-state index contributed by atoms with van der Waals surface area (Å²) in [4.78, 5) is 5.60. The van der Waals surface area contributed by atoms with E-state index in [9.17, 15) is 5.11 Å². The van der Waals surface area contributed by atoms with Crippen molar-refractivity contribution in [2.45, 2.75) is 51.7 Å². The van der Waals surface area contributed by atoms with Crippen molar-refractivity contribution in [2.75, 3.05) is 6.61 Å². The lowest BCUT2D eigenvalue weighted by atomic mass is 10.1. The van der Waals surface area contributed by atoms with Crippen LogP contribution in [0.25, 0.3) is 0 Å². The fourth-order valence-corrected chi connectivity index (χ4v) is 3.24. The van der Waals surface area contributed by atoms with Crippen LogP contribution in [-0.2, 0) is 16.8 Å². The molecule has 4 heteroatoms. The fourth-order valence-electron chi connectivity index (χ4n) is 2.00. The van der Waals surface area contributed by atoms with Crippen LogP contribution in [0, 0.1) is 0 Å². The summed E-state index contributed by atoms with van der Waals surface area (Å²) in [5.41, 5.74) is 0.225. The number of rotatable bonds is 3. The Morgan fingerprint density at radius 3 is 2.75 bits per heavy atom. The van der Waals surface area contributed by atoms with Crippen molar-refractivity contribution in [3.8, 4) is 0 Å². The van der Waals surface area contributed by atoms with Gasteiger partial charge in [-0.2, -0.15) is 0 Å². The highest BCUT2D eigenvalue weighted by molar-refractivity contribution is 7.12. The highest BCUT2D eigenvalue weighted by atomic mass is 32.1. The smallest absolute Gasteiger partial charge is 0.122 e. The van der Waals surface area contributed by atoms with E-state index >= 15 is 0 Å². The molecule has 2 rings (SSSR count). The third kappa shape index (κ3) is 2.29. The maximum absolute atomic E-state index is 10.1. The quantitative estimate of drug-likeness (QED) is 0.884. The average Bonchev–Trinajstić information content (AvgIpc) is 2.85. The standard InChI is InChI=1S/C12H19NO2S/c1-4-8-10(12(2,3)14)16-11(13-8)9-6-5-7-15-9/h9,14H,4-7H2,1-3H3. The molecule has 1 fully saturated rings. The zero-order valence-electron chi connectivity index (χ0n) is 10.1. The minimum atomic E-state index is -0.792. The second-order valence-electron chi connectivity index (χ2n) is 4.74. The first-order valence-electron chi connectivity index (χ1n) is 5.86. The fraction of sp³-hybridized carbons (Fsp3) is 0.750. The van der Waals surface area contributed by atoms with Crippen LogP contribution in [0.4, 0.5) is 0 Å². The van der Waals surface area contributed by atoms with Crippen molar-refractivity contribution in [3.63, 3.8) is 0 Å². The Hall–Kier alpha value is -0.450. The molecule has 1 N–H and O–H groups in total. The number of hydrogen-bond acceptors (Lipinski definition) is 4. The van der Waals surface area contributed by atoms with Gasteiger partial charge >= 0.3 is 0 Å². The van der Waals surface area contributed by atoms with E-state index < -0.39 is 5.60 Å². The Morgan fingerprint density at radius 2 is 2.31 bits per heavy atom. The van der Waals surface area contributed by atoms with E-state index in [0.717, 1.165) is 41.4 Å². The molecule has 1 aromatic rings. The van der Waals surface area contributed by atoms with Gasteiger partial charge in [-0.25, -0.2) is 4.98 Å². The van der Waals surface area contributed by atoms with Crippen molar-refractivity contribution in [1.29, 1.82) is 0 Å².